The lowest BCUT2D eigenvalue weighted by molar-refractivity contribution is -0.120. The minimum absolute atomic E-state index is 0.303. The van der Waals surface area contributed by atoms with Crippen LogP contribution in [0.25, 0.3) is 5.57 Å². The third kappa shape index (κ3) is 3.41. The predicted molar refractivity (Wildman–Crippen MR) is 128 cm³/mol. The van der Waals surface area contributed by atoms with Crippen molar-refractivity contribution >= 4 is 40.1 Å². The Morgan fingerprint density at radius 3 is 2.50 bits per heavy atom. The van der Waals surface area contributed by atoms with Crippen molar-refractivity contribution < 1.29 is 14.3 Å². The Bertz CT molecular complexity index is 1200. The molecule has 5 nitrogen and oxygen atoms in total. The van der Waals surface area contributed by atoms with Gasteiger partial charge in [0.2, 0.25) is 0 Å². The highest BCUT2D eigenvalue weighted by molar-refractivity contribution is 7.11. The zero-order valence-corrected chi connectivity index (χ0v) is 18.7. The third-order valence-electron chi connectivity index (χ3n) is 5.78. The number of carbonyl (C=O) groups is 2. The first kappa shape index (κ1) is 20.5. The maximum absolute atomic E-state index is 13.9. The fourth-order valence-electron chi connectivity index (χ4n) is 4.37. The van der Waals surface area contributed by atoms with Gasteiger partial charge in [0.05, 0.1) is 17.9 Å². The Balaban J connectivity index is 1.65. The number of rotatable bonds is 6. The van der Waals surface area contributed by atoms with Crippen molar-refractivity contribution in [1.82, 2.24) is 0 Å². The summed E-state index contributed by atoms with van der Waals surface area (Å²) in [5.74, 6) is -0.0624. The Labute approximate surface area is 191 Å². The molecule has 0 bridgehead atoms. The van der Waals surface area contributed by atoms with Crippen LogP contribution in [0.4, 0.5) is 11.4 Å². The zero-order chi connectivity index (χ0) is 22.1. The van der Waals surface area contributed by atoms with Crippen LogP contribution in [0.15, 0.2) is 71.7 Å². The predicted octanol–water partition coefficient (Wildman–Crippen LogP) is 5.27. The lowest BCUT2D eigenvalue weighted by atomic mass is 10.00. The fourth-order valence-corrected chi connectivity index (χ4v) is 5.13. The first-order chi connectivity index (χ1) is 15.7. The molecule has 0 unspecified atom stereocenters. The van der Waals surface area contributed by atoms with Crippen LogP contribution in [0.3, 0.4) is 0 Å². The Kier molecular flexibility index (Phi) is 5.53. The summed E-state index contributed by atoms with van der Waals surface area (Å²) in [6.45, 7) is 3.24. The second-order valence-electron chi connectivity index (χ2n) is 7.85. The molecule has 1 aromatic heterocycles. The first-order valence-corrected chi connectivity index (χ1v) is 11.8. The lowest BCUT2D eigenvalue weighted by Crippen LogP contribution is -2.37. The van der Waals surface area contributed by atoms with Crippen molar-refractivity contribution in [2.24, 2.45) is 0 Å². The summed E-state index contributed by atoms with van der Waals surface area (Å²) in [5, 5.41) is 1.93. The highest BCUT2D eigenvalue weighted by Gasteiger charge is 2.44. The van der Waals surface area contributed by atoms with E-state index in [-0.39, 0.29) is 11.8 Å². The maximum Gasteiger partial charge on any atom is 0.282 e. The zero-order valence-electron chi connectivity index (χ0n) is 17.9. The molecule has 0 radical (unpaired) electrons. The number of thiophene rings is 1. The molecular formula is C26H24N2O3S. The number of para-hydroxylation sites is 3. The van der Waals surface area contributed by atoms with E-state index in [1.807, 2.05) is 65.7 Å². The summed E-state index contributed by atoms with van der Waals surface area (Å²) >= 11 is 1.47. The largest absolute Gasteiger partial charge is 0.491 e. The van der Waals surface area contributed by atoms with Crippen LogP contribution < -0.4 is 14.5 Å². The van der Waals surface area contributed by atoms with Crippen LogP contribution in [0.1, 0.15) is 30.2 Å². The molecular weight excluding hydrogens is 420 g/mol. The summed E-state index contributed by atoms with van der Waals surface area (Å²) in [5.41, 5.74) is 3.61. The minimum atomic E-state index is -0.303. The lowest BCUT2D eigenvalue weighted by Gasteiger charge is -2.32. The molecule has 0 aliphatic carbocycles. The Morgan fingerprint density at radius 1 is 0.938 bits per heavy atom. The molecule has 0 fully saturated rings. The van der Waals surface area contributed by atoms with Gasteiger partial charge in [-0.25, -0.2) is 4.90 Å². The number of amides is 2. The summed E-state index contributed by atoms with van der Waals surface area (Å²) in [6.07, 6.45) is 2.73. The topological polar surface area (TPSA) is 49.9 Å². The highest BCUT2D eigenvalue weighted by Crippen LogP contribution is 2.42. The number of aryl methyl sites for hydroxylation is 1. The molecule has 162 valence electrons. The summed E-state index contributed by atoms with van der Waals surface area (Å²) in [4.78, 5) is 31.8. The Hall–Kier alpha value is -3.38. The van der Waals surface area contributed by atoms with Gasteiger partial charge in [0.1, 0.15) is 11.4 Å². The number of hydrogen-bond acceptors (Lipinski definition) is 5. The molecule has 2 aromatic carbocycles. The highest BCUT2D eigenvalue weighted by atomic mass is 32.1. The summed E-state index contributed by atoms with van der Waals surface area (Å²) in [7, 11) is 0. The molecule has 0 N–H and O–H groups in total. The van der Waals surface area contributed by atoms with Crippen LogP contribution in [-0.4, -0.2) is 25.0 Å². The molecule has 3 aromatic rings. The van der Waals surface area contributed by atoms with Crippen molar-refractivity contribution in [2.45, 2.75) is 26.2 Å². The number of benzene rings is 2. The number of fused-ring (bicyclic) bond motifs is 1. The molecule has 6 heteroatoms. The molecule has 3 heterocycles. The van der Waals surface area contributed by atoms with Gasteiger partial charge in [0, 0.05) is 17.1 Å². The van der Waals surface area contributed by atoms with Gasteiger partial charge >= 0.3 is 0 Å². The van der Waals surface area contributed by atoms with Crippen molar-refractivity contribution in [2.75, 3.05) is 23.0 Å². The van der Waals surface area contributed by atoms with Gasteiger partial charge in [-0.15, -0.1) is 11.3 Å². The molecule has 2 aliphatic rings. The maximum atomic E-state index is 13.9. The van der Waals surface area contributed by atoms with E-state index < -0.39 is 0 Å². The molecule has 32 heavy (non-hydrogen) atoms. The number of nitrogens with zero attached hydrogens (tertiary/aromatic N) is 2. The third-order valence-corrected chi connectivity index (χ3v) is 6.66. The van der Waals surface area contributed by atoms with E-state index in [4.69, 9.17) is 4.74 Å². The number of imide groups is 1. The summed E-state index contributed by atoms with van der Waals surface area (Å²) < 4.78 is 5.88. The SMILES string of the molecule is CCCOc1ccccc1N1C(=O)C(c2cccs2)=C(N2CCCc3ccccc32)C1=O. The van der Waals surface area contributed by atoms with Crippen LogP contribution in [-0.2, 0) is 16.0 Å². The Morgan fingerprint density at radius 2 is 1.72 bits per heavy atom. The van der Waals surface area contributed by atoms with Crippen LogP contribution in [0, 0.1) is 0 Å². The van der Waals surface area contributed by atoms with Crippen molar-refractivity contribution in [1.29, 1.82) is 0 Å². The molecule has 2 amide bonds. The molecule has 0 atom stereocenters. The second-order valence-corrected chi connectivity index (χ2v) is 8.79. The van der Waals surface area contributed by atoms with E-state index >= 15 is 0 Å². The van der Waals surface area contributed by atoms with E-state index in [2.05, 4.69) is 6.07 Å². The van der Waals surface area contributed by atoms with Gasteiger partial charge in [-0.05, 0) is 54.5 Å². The number of anilines is 2. The van der Waals surface area contributed by atoms with Crippen molar-refractivity contribution in [3.8, 4) is 5.75 Å². The van der Waals surface area contributed by atoms with E-state index in [9.17, 15) is 9.59 Å². The molecule has 0 saturated carbocycles. The average molecular weight is 445 g/mol. The van der Waals surface area contributed by atoms with Gasteiger partial charge in [0.25, 0.3) is 11.8 Å². The van der Waals surface area contributed by atoms with Crippen molar-refractivity contribution in [3.63, 3.8) is 0 Å². The second kappa shape index (κ2) is 8.63. The first-order valence-electron chi connectivity index (χ1n) is 10.9. The standard InChI is InChI=1S/C26H24N2O3S/c1-2-16-31-21-13-6-5-12-20(21)28-25(29)23(22-14-8-17-32-22)24(26(28)30)27-15-7-10-18-9-3-4-11-19(18)27/h3-6,8-9,11-14,17H,2,7,10,15-16H2,1H3. The fraction of sp³-hybridized carbons (Fsp3) is 0.231. The quantitative estimate of drug-likeness (QED) is 0.486. The molecule has 2 aliphatic heterocycles. The van der Waals surface area contributed by atoms with Gasteiger partial charge < -0.3 is 9.64 Å². The average Bonchev–Trinajstić information content (AvgIpc) is 3.43. The molecule has 0 spiro atoms. The molecule has 5 rings (SSSR count). The van der Waals surface area contributed by atoms with Gasteiger partial charge in [-0.1, -0.05) is 43.3 Å². The molecule has 0 saturated heterocycles. The summed E-state index contributed by atoms with van der Waals surface area (Å²) in [6, 6.07) is 19.2. The normalized spacial score (nSPS) is 16.0. The van der Waals surface area contributed by atoms with E-state index in [1.54, 1.807) is 6.07 Å². The van der Waals surface area contributed by atoms with Crippen molar-refractivity contribution in [3.05, 3.63) is 82.2 Å². The van der Waals surface area contributed by atoms with Crippen LogP contribution >= 0.6 is 11.3 Å². The van der Waals surface area contributed by atoms with Crippen LogP contribution in [0.2, 0.25) is 0 Å². The van der Waals surface area contributed by atoms with E-state index in [0.29, 0.717) is 35.9 Å². The minimum Gasteiger partial charge on any atom is -0.491 e. The van der Waals surface area contributed by atoms with Gasteiger partial charge in [-0.3, -0.25) is 9.59 Å². The van der Waals surface area contributed by atoms with Crippen LogP contribution in [0.5, 0.6) is 5.75 Å². The van der Waals surface area contributed by atoms with E-state index in [1.165, 1.54) is 21.8 Å². The van der Waals surface area contributed by atoms with Gasteiger partial charge in [-0.2, -0.15) is 0 Å². The number of ether oxygens (including phenoxy) is 1. The number of carbonyl (C=O) groups excluding carboxylic acids is 2. The number of hydrogen-bond donors (Lipinski definition) is 0. The van der Waals surface area contributed by atoms with Gasteiger partial charge in [0.15, 0.2) is 0 Å². The smallest absolute Gasteiger partial charge is 0.282 e. The monoisotopic (exact) mass is 444 g/mol. The van der Waals surface area contributed by atoms with E-state index in [0.717, 1.165) is 29.8 Å².